The van der Waals surface area contributed by atoms with Crippen LogP contribution in [0.3, 0.4) is 0 Å². The van der Waals surface area contributed by atoms with Gasteiger partial charge in [0.05, 0.1) is 0 Å². The first-order valence-corrected chi connectivity index (χ1v) is 2.84. The van der Waals surface area contributed by atoms with Crippen molar-refractivity contribution in [3.8, 4) is 0 Å². The van der Waals surface area contributed by atoms with E-state index in [0.29, 0.717) is 18.4 Å². The zero-order valence-corrected chi connectivity index (χ0v) is 5.05. The summed E-state index contributed by atoms with van der Waals surface area (Å²) in [5.74, 6) is 0.306. The Morgan fingerprint density at radius 2 is 2.33 bits per heavy atom. The molecule has 0 bridgehead atoms. The van der Waals surface area contributed by atoms with Crippen molar-refractivity contribution >= 4 is 15.0 Å². The van der Waals surface area contributed by atoms with Gasteiger partial charge in [-0.25, -0.2) is 0 Å². The highest BCUT2D eigenvalue weighted by atomic mass is 31.0. The Bertz CT molecular complexity index is 45.5. The Morgan fingerprint density at radius 1 is 1.83 bits per heavy atom. The molecule has 0 N–H and O–H groups in total. The maximum atomic E-state index is 10.2. The van der Waals surface area contributed by atoms with Crippen molar-refractivity contribution in [1.29, 1.82) is 0 Å². The molecule has 36 valence electrons. The number of Topliss-reactive ketones (excluding diaryl/α,β-unsaturated/α-hetero) is 1. The van der Waals surface area contributed by atoms with Crippen LogP contribution >= 0.6 is 9.24 Å². The van der Waals surface area contributed by atoms with Gasteiger partial charge in [-0.15, -0.1) is 9.24 Å². The van der Waals surface area contributed by atoms with Crippen molar-refractivity contribution in [2.24, 2.45) is 0 Å². The van der Waals surface area contributed by atoms with Gasteiger partial charge in [0.2, 0.25) is 0 Å². The van der Waals surface area contributed by atoms with Crippen molar-refractivity contribution in [3.05, 3.63) is 0 Å². The van der Waals surface area contributed by atoms with Crippen LogP contribution in [0, 0.1) is 0 Å². The van der Waals surface area contributed by atoms with Gasteiger partial charge in [0, 0.05) is 12.6 Å². The number of hydrogen-bond acceptors (Lipinski definition) is 1. The lowest BCUT2D eigenvalue weighted by atomic mass is 10.4. The molecule has 0 heterocycles. The van der Waals surface area contributed by atoms with E-state index in [-0.39, 0.29) is 0 Å². The predicted octanol–water partition coefficient (Wildman–Crippen LogP) is 0.841. The van der Waals surface area contributed by atoms with Gasteiger partial charge in [-0.2, -0.15) is 0 Å². The average Bonchev–Trinajstić information content (AvgIpc) is 1.65. The lowest BCUT2D eigenvalue weighted by molar-refractivity contribution is -0.116. The maximum Gasteiger partial charge on any atom is 0.136 e. The van der Waals surface area contributed by atoms with E-state index in [9.17, 15) is 4.79 Å². The summed E-state index contributed by atoms with van der Waals surface area (Å²) in [5, 5.41) is 0. The molecule has 0 rings (SSSR count). The molecule has 0 fully saturated rings. The van der Waals surface area contributed by atoms with E-state index in [1.54, 1.807) is 0 Å². The van der Waals surface area contributed by atoms with E-state index in [0.717, 1.165) is 0 Å². The van der Waals surface area contributed by atoms with Crippen LogP contribution in [0.2, 0.25) is 0 Å². The Hall–Kier alpha value is 0.100. The monoisotopic (exact) mass is 104 g/mol. The molecule has 0 aliphatic heterocycles. The molecule has 0 aliphatic carbocycles. The van der Waals surface area contributed by atoms with E-state index in [4.69, 9.17) is 0 Å². The van der Waals surface area contributed by atoms with Crippen molar-refractivity contribution < 1.29 is 4.79 Å². The van der Waals surface area contributed by atoms with Crippen molar-refractivity contribution in [1.82, 2.24) is 0 Å². The molecule has 0 aromatic heterocycles. The van der Waals surface area contributed by atoms with E-state index >= 15 is 0 Å². The number of hydrogen-bond donors (Lipinski definition) is 0. The highest BCUT2D eigenvalue weighted by molar-refractivity contribution is 7.18. The predicted molar refractivity (Wildman–Crippen MR) is 29.9 cm³/mol. The summed E-state index contributed by atoms with van der Waals surface area (Å²) >= 11 is 0. The van der Waals surface area contributed by atoms with Gasteiger partial charge in [0.1, 0.15) is 5.78 Å². The number of carbonyl (C=O) groups excluding carboxylic acids is 1. The second-order valence-electron chi connectivity index (χ2n) is 1.10. The van der Waals surface area contributed by atoms with Crippen LogP contribution in [0.1, 0.15) is 13.3 Å². The van der Waals surface area contributed by atoms with Crippen LogP contribution in [0.4, 0.5) is 0 Å². The van der Waals surface area contributed by atoms with Gasteiger partial charge < -0.3 is 0 Å². The number of carbonyl (C=O) groups is 1. The summed E-state index contributed by atoms with van der Waals surface area (Å²) in [5.41, 5.74) is 0. The quantitative estimate of drug-likeness (QED) is 0.474. The second kappa shape index (κ2) is 3.30. The Morgan fingerprint density at radius 3 is 2.33 bits per heavy atom. The van der Waals surface area contributed by atoms with Gasteiger partial charge in [-0.05, 0) is 0 Å². The first-order chi connectivity index (χ1) is 2.81. The summed E-state index contributed by atoms with van der Waals surface area (Å²) in [6, 6.07) is 0. The smallest absolute Gasteiger partial charge is 0.136 e. The number of ketones is 1. The molecule has 6 heavy (non-hydrogen) atoms. The summed E-state index contributed by atoms with van der Waals surface area (Å²) in [6.07, 6.45) is 1.28. The fourth-order valence-electron chi connectivity index (χ4n) is 0.144. The highest BCUT2D eigenvalue weighted by Crippen LogP contribution is 1.85. The van der Waals surface area contributed by atoms with E-state index in [2.05, 4.69) is 9.24 Å². The minimum Gasteiger partial charge on any atom is -0.299 e. The van der Waals surface area contributed by atoms with E-state index in [1.807, 2.05) is 6.92 Å². The topological polar surface area (TPSA) is 17.1 Å². The van der Waals surface area contributed by atoms with E-state index < -0.39 is 0 Å². The molecular formula is C4H9OP. The zero-order valence-electron chi connectivity index (χ0n) is 3.90. The Balaban J connectivity index is 2.99. The molecule has 0 amide bonds. The van der Waals surface area contributed by atoms with Gasteiger partial charge >= 0.3 is 0 Å². The zero-order chi connectivity index (χ0) is 4.99. The largest absolute Gasteiger partial charge is 0.299 e. The Kier molecular flexibility index (Phi) is 3.35. The Labute approximate surface area is 40.3 Å². The summed E-state index contributed by atoms with van der Waals surface area (Å²) in [6.45, 7) is 1.87. The molecule has 0 radical (unpaired) electrons. The average molecular weight is 104 g/mol. The minimum atomic E-state index is 0.306. The molecule has 0 spiro atoms. The van der Waals surface area contributed by atoms with Crippen LogP contribution < -0.4 is 0 Å². The normalized spacial score (nSPS) is 8.33. The third-order valence-corrected chi connectivity index (χ3v) is 1.08. The summed E-state index contributed by atoms with van der Waals surface area (Å²) < 4.78 is 0. The minimum absolute atomic E-state index is 0.306. The molecule has 0 aliphatic rings. The van der Waals surface area contributed by atoms with Crippen LogP contribution in [0.5, 0.6) is 0 Å². The van der Waals surface area contributed by atoms with Crippen molar-refractivity contribution in [2.45, 2.75) is 13.3 Å². The summed E-state index contributed by atoms with van der Waals surface area (Å²) in [7, 11) is 2.39. The molecule has 1 nitrogen and oxygen atoms in total. The molecule has 0 saturated carbocycles. The van der Waals surface area contributed by atoms with Crippen molar-refractivity contribution in [2.75, 3.05) is 6.16 Å². The molecule has 1 atom stereocenters. The fourth-order valence-corrected chi connectivity index (χ4v) is 0.433. The van der Waals surface area contributed by atoms with Crippen LogP contribution in [0.15, 0.2) is 0 Å². The van der Waals surface area contributed by atoms with Crippen LogP contribution in [0.25, 0.3) is 0 Å². The van der Waals surface area contributed by atoms with Crippen LogP contribution in [-0.2, 0) is 4.79 Å². The lowest BCUT2D eigenvalue weighted by Crippen LogP contribution is -1.92. The van der Waals surface area contributed by atoms with Gasteiger partial charge in [0.25, 0.3) is 0 Å². The first kappa shape index (κ1) is 6.10. The third-order valence-electron chi connectivity index (χ3n) is 0.622. The second-order valence-corrected chi connectivity index (χ2v) is 1.50. The highest BCUT2D eigenvalue weighted by Gasteiger charge is 1.86. The van der Waals surface area contributed by atoms with Crippen LogP contribution in [-0.4, -0.2) is 11.9 Å². The van der Waals surface area contributed by atoms with Gasteiger partial charge in [0.15, 0.2) is 0 Å². The molecule has 2 heteroatoms. The third kappa shape index (κ3) is 2.34. The first-order valence-electron chi connectivity index (χ1n) is 2.03. The van der Waals surface area contributed by atoms with Gasteiger partial charge in [-0.1, -0.05) is 6.92 Å². The maximum absolute atomic E-state index is 10.2. The molecule has 0 aromatic carbocycles. The van der Waals surface area contributed by atoms with Crippen molar-refractivity contribution in [3.63, 3.8) is 0 Å². The molecule has 0 aromatic rings. The fraction of sp³-hybridized carbons (Fsp3) is 0.750. The molecule has 1 unspecified atom stereocenters. The van der Waals surface area contributed by atoms with Gasteiger partial charge in [-0.3, -0.25) is 4.79 Å². The molecular weight excluding hydrogens is 95.0 g/mol. The lowest BCUT2D eigenvalue weighted by Gasteiger charge is -1.81. The summed E-state index contributed by atoms with van der Waals surface area (Å²) in [4.78, 5) is 10.2. The number of rotatable bonds is 2. The molecule has 0 saturated heterocycles. The SMILES string of the molecule is CCC(=O)CP. The van der Waals surface area contributed by atoms with E-state index in [1.165, 1.54) is 0 Å². The standard InChI is InChI=1S/C4H9OP/c1-2-4(5)3-6/h2-3,6H2,1H3.